The predicted molar refractivity (Wildman–Crippen MR) is 94.4 cm³/mol. The Kier molecular flexibility index (Phi) is 4.01. The Labute approximate surface area is 144 Å². The van der Waals surface area contributed by atoms with Gasteiger partial charge in [0.15, 0.2) is 0 Å². The number of likely N-dealkylation sites (tertiary alicyclic amines) is 1. The van der Waals surface area contributed by atoms with Crippen molar-refractivity contribution in [1.29, 1.82) is 0 Å². The van der Waals surface area contributed by atoms with Crippen LogP contribution in [0.25, 0.3) is 10.9 Å². The monoisotopic (exact) mass is 334 g/mol. The Balaban J connectivity index is 1.63. The van der Waals surface area contributed by atoms with Crippen LogP contribution in [0.2, 0.25) is 0 Å². The van der Waals surface area contributed by atoms with Gasteiger partial charge in [-0.3, -0.25) is 19.1 Å². The average molecular weight is 334 g/mol. The van der Waals surface area contributed by atoms with Crippen LogP contribution in [0.15, 0.2) is 59.9 Å². The molecule has 0 saturated carbocycles. The van der Waals surface area contributed by atoms with E-state index >= 15 is 0 Å². The Morgan fingerprint density at radius 2 is 1.92 bits per heavy atom. The number of carbonyl (C=O) groups excluding carboxylic acids is 1. The number of nitrogens with zero attached hydrogens (tertiary/aromatic N) is 4. The predicted octanol–water partition coefficient (Wildman–Crippen LogP) is 2.27. The molecular weight excluding hydrogens is 316 g/mol. The summed E-state index contributed by atoms with van der Waals surface area (Å²) in [5.74, 6) is -0.0195. The second-order valence-corrected chi connectivity index (χ2v) is 6.26. The molecule has 1 atom stereocenters. The first-order chi connectivity index (χ1) is 12.2. The van der Waals surface area contributed by atoms with Gasteiger partial charge in [0.05, 0.1) is 23.3 Å². The summed E-state index contributed by atoms with van der Waals surface area (Å²) in [5, 5.41) is 0.614. The highest BCUT2D eigenvalue weighted by molar-refractivity contribution is 5.94. The summed E-state index contributed by atoms with van der Waals surface area (Å²) in [6.07, 6.45) is 6.56. The molecule has 0 N–H and O–H groups in total. The lowest BCUT2D eigenvalue weighted by atomic mass is 10.0. The van der Waals surface area contributed by atoms with Gasteiger partial charge in [-0.05, 0) is 37.1 Å². The maximum Gasteiger partial charge on any atom is 0.261 e. The van der Waals surface area contributed by atoms with Crippen LogP contribution in [0.4, 0.5) is 0 Å². The van der Waals surface area contributed by atoms with E-state index in [2.05, 4.69) is 9.97 Å². The first-order valence-electron chi connectivity index (χ1n) is 8.39. The van der Waals surface area contributed by atoms with Crippen molar-refractivity contribution in [3.8, 4) is 0 Å². The van der Waals surface area contributed by atoms with E-state index in [9.17, 15) is 9.59 Å². The largest absolute Gasteiger partial charge is 0.337 e. The molecule has 0 bridgehead atoms. The molecule has 1 amide bonds. The van der Waals surface area contributed by atoms with E-state index in [1.165, 1.54) is 0 Å². The lowest BCUT2D eigenvalue weighted by molar-refractivity contribution is 0.0677. The van der Waals surface area contributed by atoms with Crippen LogP contribution in [0.5, 0.6) is 0 Å². The molecule has 2 aromatic heterocycles. The number of aromatic nitrogens is 3. The summed E-state index contributed by atoms with van der Waals surface area (Å²) in [4.78, 5) is 35.6. The summed E-state index contributed by atoms with van der Waals surface area (Å²) in [6.45, 7) is 1.22. The minimum absolute atomic E-state index is 0.0195. The zero-order chi connectivity index (χ0) is 17.2. The van der Waals surface area contributed by atoms with Gasteiger partial charge in [0.25, 0.3) is 11.5 Å². The number of carbonyl (C=O) groups is 1. The van der Waals surface area contributed by atoms with Crippen LogP contribution in [0, 0.1) is 0 Å². The average Bonchev–Trinajstić information content (AvgIpc) is 2.69. The van der Waals surface area contributed by atoms with Crippen molar-refractivity contribution in [3.63, 3.8) is 0 Å². The first-order valence-corrected chi connectivity index (χ1v) is 8.39. The van der Waals surface area contributed by atoms with Crippen molar-refractivity contribution in [2.24, 2.45) is 0 Å². The molecule has 1 aliphatic rings. The van der Waals surface area contributed by atoms with E-state index in [-0.39, 0.29) is 17.5 Å². The quantitative estimate of drug-likeness (QED) is 0.721. The number of para-hydroxylation sites is 1. The Hall–Kier alpha value is -3.02. The van der Waals surface area contributed by atoms with E-state index in [4.69, 9.17) is 0 Å². The fourth-order valence-electron chi connectivity index (χ4n) is 3.39. The third kappa shape index (κ3) is 2.91. The van der Waals surface area contributed by atoms with Gasteiger partial charge >= 0.3 is 0 Å². The molecule has 1 fully saturated rings. The topological polar surface area (TPSA) is 68.1 Å². The van der Waals surface area contributed by atoms with Crippen LogP contribution in [-0.2, 0) is 0 Å². The summed E-state index contributed by atoms with van der Waals surface area (Å²) in [5.41, 5.74) is 1.28. The first kappa shape index (κ1) is 15.5. The van der Waals surface area contributed by atoms with Crippen LogP contribution in [0.3, 0.4) is 0 Å². The molecule has 126 valence electrons. The zero-order valence-corrected chi connectivity index (χ0v) is 13.7. The van der Waals surface area contributed by atoms with Gasteiger partial charge in [0, 0.05) is 31.0 Å². The van der Waals surface area contributed by atoms with Crippen molar-refractivity contribution >= 4 is 16.8 Å². The third-order valence-electron chi connectivity index (χ3n) is 4.69. The van der Waals surface area contributed by atoms with Crippen LogP contribution in [0.1, 0.15) is 29.2 Å². The number of pyridine rings is 1. The van der Waals surface area contributed by atoms with Crippen molar-refractivity contribution < 1.29 is 4.79 Å². The van der Waals surface area contributed by atoms with E-state index in [1.54, 1.807) is 41.5 Å². The Morgan fingerprint density at radius 1 is 1.12 bits per heavy atom. The molecular formula is C19H18N4O2. The zero-order valence-electron chi connectivity index (χ0n) is 13.7. The SMILES string of the molecule is O=C(c1ccncc1)N1CCCC(n2cnc3ccccc3c2=O)C1. The number of hydrogen-bond donors (Lipinski definition) is 0. The maximum absolute atomic E-state index is 12.8. The summed E-state index contributed by atoms with van der Waals surface area (Å²) < 4.78 is 1.67. The highest BCUT2D eigenvalue weighted by atomic mass is 16.2. The molecule has 3 heterocycles. The van der Waals surface area contributed by atoms with Crippen LogP contribution < -0.4 is 5.56 Å². The molecule has 3 aromatic rings. The van der Waals surface area contributed by atoms with Gasteiger partial charge in [-0.15, -0.1) is 0 Å². The fourth-order valence-corrected chi connectivity index (χ4v) is 3.39. The minimum atomic E-state index is -0.0517. The molecule has 1 unspecified atom stereocenters. The smallest absolute Gasteiger partial charge is 0.261 e. The van der Waals surface area contributed by atoms with Crippen molar-refractivity contribution in [1.82, 2.24) is 19.4 Å². The molecule has 1 saturated heterocycles. The molecule has 0 spiro atoms. The van der Waals surface area contributed by atoms with Gasteiger partial charge in [-0.2, -0.15) is 0 Å². The highest BCUT2D eigenvalue weighted by Gasteiger charge is 2.26. The Bertz CT molecular complexity index is 968. The van der Waals surface area contributed by atoms with E-state index in [0.717, 1.165) is 12.8 Å². The maximum atomic E-state index is 12.8. The van der Waals surface area contributed by atoms with Crippen LogP contribution >= 0.6 is 0 Å². The van der Waals surface area contributed by atoms with Crippen molar-refractivity contribution in [3.05, 3.63) is 71.0 Å². The number of amides is 1. The van der Waals surface area contributed by atoms with Gasteiger partial charge in [-0.1, -0.05) is 12.1 Å². The standard InChI is InChI=1S/C19H18N4O2/c24-18(14-7-9-20-10-8-14)22-11-3-4-15(12-22)23-13-21-17-6-2-1-5-16(17)19(23)25/h1-2,5-10,13,15H,3-4,11-12H2. The number of hydrogen-bond acceptors (Lipinski definition) is 4. The van der Waals surface area contributed by atoms with Gasteiger partial charge in [-0.25, -0.2) is 4.98 Å². The summed E-state index contributed by atoms with van der Waals surface area (Å²) in [6, 6.07) is 10.7. The number of rotatable bonds is 2. The second kappa shape index (κ2) is 6.47. The molecule has 6 heteroatoms. The Morgan fingerprint density at radius 3 is 2.76 bits per heavy atom. The minimum Gasteiger partial charge on any atom is -0.337 e. The molecule has 0 aliphatic carbocycles. The van der Waals surface area contributed by atoms with Crippen molar-refractivity contribution in [2.75, 3.05) is 13.1 Å². The van der Waals surface area contributed by atoms with Gasteiger partial charge < -0.3 is 4.90 Å². The fraction of sp³-hybridized carbons (Fsp3) is 0.263. The van der Waals surface area contributed by atoms with Gasteiger partial charge in [0.2, 0.25) is 0 Å². The lowest BCUT2D eigenvalue weighted by Crippen LogP contribution is -2.42. The lowest BCUT2D eigenvalue weighted by Gasteiger charge is -2.33. The van der Waals surface area contributed by atoms with E-state index in [0.29, 0.717) is 29.6 Å². The van der Waals surface area contributed by atoms with E-state index < -0.39 is 0 Å². The summed E-state index contributed by atoms with van der Waals surface area (Å²) >= 11 is 0. The van der Waals surface area contributed by atoms with Gasteiger partial charge in [0.1, 0.15) is 0 Å². The molecule has 4 rings (SSSR count). The third-order valence-corrected chi connectivity index (χ3v) is 4.69. The molecule has 1 aliphatic heterocycles. The van der Waals surface area contributed by atoms with Crippen molar-refractivity contribution in [2.45, 2.75) is 18.9 Å². The normalized spacial score (nSPS) is 17.6. The number of fused-ring (bicyclic) bond motifs is 1. The van der Waals surface area contributed by atoms with E-state index in [1.807, 2.05) is 23.1 Å². The summed E-state index contributed by atoms with van der Waals surface area (Å²) in [7, 11) is 0. The molecule has 25 heavy (non-hydrogen) atoms. The number of piperidine rings is 1. The van der Waals surface area contributed by atoms with Crippen LogP contribution in [-0.4, -0.2) is 38.4 Å². The second-order valence-electron chi connectivity index (χ2n) is 6.26. The molecule has 1 aromatic carbocycles. The molecule has 6 nitrogen and oxygen atoms in total. The number of benzene rings is 1. The molecule has 0 radical (unpaired) electrons. The highest BCUT2D eigenvalue weighted by Crippen LogP contribution is 2.22.